The van der Waals surface area contributed by atoms with Crippen molar-refractivity contribution in [3.8, 4) is 0 Å². The van der Waals surface area contributed by atoms with Crippen LogP contribution in [-0.4, -0.2) is 68.1 Å². The van der Waals surface area contributed by atoms with Gasteiger partial charge in [-0.3, -0.25) is 14.5 Å². The van der Waals surface area contributed by atoms with Gasteiger partial charge >= 0.3 is 0 Å². The van der Waals surface area contributed by atoms with Gasteiger partial charge < -0.3 is 15.0 Å². The number of carbonyl (C=O) groups is 2. The Labute approximate surface area is 156 Å². The van der Waals surface area contributed by atoms with E-state index in [-0.39, 0.29) is 11.8 Å². The molecule has 1 aliphatic heterocycles. The summed E-state index contributed by atoms with van der Waals surface area (Å²) in [4.78, 5) is 29.4. The van der Waals surface area contributed by atoms with Crippen molar-refractivity contribution in [1.29, 1.82) is 0 Å². The SMILES string of the molecule is COCCCNC(=O)C(C)(C)C(=O)N1CCN(Cc2ccccc2)CC1. The van der Waals surface area contributed by atoms with Crippen LogP contribution < -0.4 is 5.32 Å². The van der Waals surface area contributed by atoms with E-state index in [0.29, 0.717) is 26.2 Å². The van der Waals surface area contributed by atoms with Crippen LogP contribution in [0, 0.1) is 5.41 Å². The zero-order chi connectivity index (χ0) is 19.0. The second-order valence-electron chi connectivity index (χ2n) is 7.28. The highest BCUT2D eigenvalue weighted by Gasteiger charge is 2.39. The van der Waals surface area contributed by atoms with Crippen molar-refractivity contribution in [1.82, 2.24) is 15.1 Å². The van der Waals surface area contributed by atoms with Crippen LogP contribution in [0.15, 0.2) is 30.3 Å². The van der Waals surface area contributed by atoms with Gasteiger partial charge in [-0.05, 0) is 25.8 Å². The number of carbonyl (C=O) groups excluding carboxylic acids is 2. The minimum Gasteiger partial charge on any atom is -0.385 e. The molecule has 1 aromatic carbocycles. The Morgan fingerprint density at radius 2 is 1.77 bits per heavy atom. The van der Waals surface area contributed by atoms with E-state index in [9.17, 15) is 9.59 Å². The summed E-state index contributed by atoms with van der Waals surface area (Å²) < 4.78 is 4.97. The van der Waals surface area contributed by atoms with Crippen LogP contribution in [0.25, 0.3) is 0 Å². The lowest BCUT2D eigenvalue weighted by Gasteiger charge is -2.38. The van der Waals surface area contributed by atoms with Gasteiger partial charge in [0.2, 0.25) is 11.8 Å². The number of nitrogens with zero attached hydrogens (tertiary/aromatic N) is 2. The Morgan fingerprint density at radius 1 is 1.12 bits per heavy atom. The lowest BCUT2D eigenvalue weighted by atomic mass is 9.90. The van der Waals surface area contributed by atoms with Crippen molar-refractivity contribution < 1.29 is 14.3 Å². The van der Waals surface area contributed by atoms with Crippen molar-refractivity contribution >= 4 is 11.8 Å². The summed E-state index contributed by atoms with van der Waals surface area (Å²) in [5.74, 6) is -0.313. The molecule has 0 saturated carbocycles. The standard InChI is InChI=1S/C20H31N3O3/c1-20(2,18(24)21-10-7-15-26-3)19(25)23-13-11-22(12-14-23)16-17-8-5-4-6-9-17/h4-6,8-9H,7,10-16H2,1-3H3,(H,21,24). The van der Waals surface area contributed by atoms with E-state index in [4.69, 9.17) is 4.74 Å². The van der Waals surface area contributed by atoms with E-state index in [2.05, 4.69) is 22.3 Å². The Balaban J connectivity index is 1.81. The molecule has 6 heteroatoms. The molecule has 0 aliphatic carbocycles. The third-order valence-electron chi connectivity index (χ3n) is 4.82. The van der Waals surface area contributed by atoms with E-state index in [0.717, 1.165) is 26.1 Å². The number of benzene rings is 1. The molecule has 1 aliphatic rings. The lowest BCUT2D eigenvalue weighted by molar-refractivity contribution is -0.149. The van der Waals surface area contributed by atoms with Gasteiger partial charge in [-0.1, -0.05) is 30.3 Å². The van der Waals surface area contributed by atoms with Crippen LogP contribution in [-0.2, 0) is 20.9 Å². The summed E-state index contributed by atoms with van der Waals surface area (Å²) in [5.41, 5.74) is 0.234. The predicted molar refractivity (Wildman–Crippen MR) is 102 cm³/mol. The van der Waals surface area contributed by atoms with E-state index in [1.807, 2.05) is 23.1 Å². The largest absolute Gasteiger partial charge is 0.385 e. The Hall–Kier alpha value is -1.92. The average molecular weight is 361 g/mol. The molecule has 1 heterocycles. The van der Waals surface area contributed by atoms with Crippen molar-refractivity contribution in [2.75, 3.05) is 46.4 Å². The van der Waals surface area contributed by atoms with Crippen molar-refractivity contribution in [2.24, 2.45) is 5.41 Å². The molecule has 144 valence electrons. The number of amides is 2. The maximum Gasteiger partial charge on any atom is 0.237 e. The summed E-state index contributed by atoms with van der Waals surface area (Å²) in [6.07, 6.45) is 0.741. The molecule has 0 unspecified atom stereocenters. The first-order valence-electron chi connectivity index (χ1n) is 9.28. The topological polar surface area (TPSA) is 61.9 Å². The summed E-state index contributed by atoms with van der Waals surface area (Å²) in [6.45, 7) is 8.39. The first-order chi connectivity index (χ1) is 12.4. The normalized spacial score (nSPS) is 15.7. The van der Waals surface area contributed by atoms with Crippen molar-refractivity contribution in [2.45, 2.75) is 26.8 Å². The highest BCUT2D eigenvalue weighted by molar-refractivity contribution is 6.04. The van der Waals surface area contributed by atoms with Crippen molar-refractivity contribution in [3.05, 3.63) is 35.9 Å². The second kappa shape index (κ2) is 9.69. The summed E-state index contributed by atoms with van der Waals surface area (Å²) >= 11 is 0. The number of hydrogen-bond acceptors (Lipinski definition) is 4. The molecule has 0 radical (unpaired) electrons. The minimum atomic E-state index is -1.05. The van der Waals surface area contributed by atoms with Crippen LogP contribution in [0.2, 0.25) is 0 Å². The number of rotatable bonds is 8. The Kier molecular flexibility index (Phi) is 7.60. The second-order valence-corrected chi connectivity index (χ2v) is 7.28. The van der Waals surface area contributed by atoms with Gasteiger partial charge in [-0.25, -0.2) is 0 Å². The zero-order valence-electron chi connectivity index (χ0n) is 16.2. The van der Waals surface area contributed by atoms with Crippen LogP contribution in [0.4, 0.5) is 0 Å². The number of hydrogen-bond donors (Lipinski definition) is 1. The first-order valence-corrected chi connectivity index (χ1v) is 9.28. The predicted octanol–water partition coefficient (Wildman–Crippen LogP) is 1.51. The highest BCUT2D eigenvalue weighted by atomic mass is 16.5. The fraction of sp³-hybridized carbons (Fsp3) is 0.600. The summed E-state index contributed by atoms with van der Waals surface area (Å²) in [6, 6.07) is 10.3. The molecule has 26 heavy (non-hydrogen) atoms. The van der Waals surface area contributed by atoms with E-state index in [1.165, 1.54) is 5.56 Å². The van der Waals surface area contributed by atoms with Crippen molar-refractivity contribution in [3.63, 3.8) is 0 Å². The molecule has 1 N–H and O–H groups in total. The van der Waals surface area contributed by atoms with E-state index < -0.39 is 5.41 Å². The summed E-state index contributed by atoms with van der Waals surface area (Å²) in [7, 11) is 1.63. The molecule has 0 bridgehead atoms. The molecular weight excluding hydrogens is 330 g/mol. The van der Waals surface area contributed by atoms with Gasteiger partial charge in [-0.15, -0.1) is 0 Å². The number of ether oxygens (including phenoxy) is 1. The fourth-order valence-electron chi connectivity index (χ4n) is 3.08. The van der Waals surface area contributed by atoms with Gasteiger partial charge in [0.15, 0.2) is 0 Å². The molecule has 1 fully saturated rings. The molecule has 6 nitrogen and oxygen atoms in total. The molecule has 2 amide bonds. The highest BCUT2D eigenvalue weighted by Crippen LogP contribution is 2.21. The Morgan fingerprint density at radius 3 is 2.38 bits per heavy atom. The van der Waals surface area contributed by atoms with Gasteiger partial charge in [0.25, 0.3) is 0 Å². The lowest BCUT2D eigenvalue weighted by Crippen LogP contribution is -2.55. The smallest absolute Gasteiger partial charge is 0.237 e. The van der Waals surface area contributed by atoms with Crippen LogP contribution in [0.5, 0.6) is 0 Å². The van der Waals surface area contributed by atoms with Gasteiger partial charge in [0, 0.05) is 53.0 Å². The van der Waals surface area contributed by atoms with Crippen LogP contribution in [0.1, 0.15) is 25.8 Å². The van der Waals surface area contributed by atoms with Gasteiger partial charge in [0.1, 0.15) is 5.41 Å². The molecule has 0 spiro atoms. The molecular formula is C20H31N3O3. The monoisotopic (exact) mass is 361 g/mol. The number of methoxy groups -OCH3 is 1. The van der Waals surface area contributed by atoms with E-state index in [1.54, 1.807) is 21.0 Å². The summed E-state index contributed by atoms with van der Waals surface area (Å²) in [5, 5.41) is 2.84. The molecule has 0 aromatic heterocycles. The number of nitrogens with one attached hydrogen (secondary N) is 1. The zero-order valence-corrected chi connectivity index (χ0v) is 16.2. The fourth-order valence-corrected chi connectivity index (χ4v) is 3.08. The Bertz CT molecular complexity index is 581. The maximum absolute atomic E-state index is 12.8. The van der Waals surface area contributed by atoms with Crippen LogP contribution >= 0.6 is 0 Å². The molecule has 2 rings (SSSR count). The maximum atomic E-state index is 12.8. The van der Waals surface area contributed by atoms with Crippen LogP contribution in [0.3, 0.4) is 0 Å². The van der Waals surface area contributed by atoms with Gasteiger partial charge in [-0.2, -0.15) is 0 Å². The average Bonchev–Trinajstić information content (AvgIpc) is 2.66. The quantitative estimate of drug-likeness (QED) is 0.563. The van der Waals surface area contributed by atoms with E-state index >= 15 is 0 Å². The minimum absolute atomic E-state index is 0.0962. The van der Waals surface area contributed by atoms with Gasteiger partial charge in [0.05, 0.1) is 0 Å². The third kappa shape index (κ3) is 5.54. The molecule has 1 saturated heterocycles. The third-order valence-corrected chi connectivity index (χ3v) is 4.82. The first kappa shape index (κ1) is 20.4. The molecule has 1 aromatic rings. The number of piperazine rings is 1. The molecule has 0 atom stereocenters.